The quantitative estimate of drug-likeness (QED) is 0.570. The van der Waals surface area contributed by atoms with Crippen LogP contribution in [-0.4, -0.2) is 0 Å². The maximum atomic E-state index is 12.2. The first-order valence-corrected chi connectivity index (χ1v) is 8.94. The highest BCUT2D eigenvalue weighted by molar-refractivity contribution is 6.35. The Labute approximate surface area is 155 Å². The molecule has 0 unspecified atom stereocenters. The zero-order valence-electron chi connectivity index (χ0n) is 13.7. The normalized spacial score (nSPS) is 13.2. The SMILES string of the molecule is Cc1cc(OCc2ccc(Cl)cc2Cl)c2c3c(c(=O)oc2c1)CCC3. The average molecular weight is 375 g/mol. The number of benzene rings is 2. The van der Waals surface area contributed by atoms with Crippen molar-refractivity contribution in [2.24, 2.45) is 0 Å². The van der Waals surface area contributed by atoms with Crippen LogP contribution in [0.25, 0.3) is 11.0 Å². The molecule has 1 aliphatic rings. The second-order valence-electron chi connectivity index (χ2n) is 6.36. The van der Waals surface area contributed by atoms with Crippen LogP contribution in [0.1, 0.15) is 28.7 Å². The van der Waals surface area contributed by atoms with E-state index < -0.39 is 0 Å². The first-order chi connectivity index (χ1) is 12.0. The molecule has 0 bridgehead atoms. The molecule has 4 rings (SSSR count). The van der Waals surface area contributed by atoms with Gasteiger partial charge in [-0.2, -0.15) is 0 Å². The second kappa shape index (κ2) is 6.40. The zero-order chi connectivity index (χ0) is 17.6. The van der Waals surface area contributed by atoms with Crippen molar-refractivity contribution in [2.45, 2.75) is 32.8 Å². The van der Waals surface area contributed by atoms with E-state index in [1.54, 1.807) is 12.1 Å². The van der Waals surface area contributed by atoms with E-state index in [-0.39, 0.29) is 5.63 Å². The Morgan fingerprint density at radius 3 is 2.72 bits per heavy atom. The van der Waals surface area contributed by atoms with Crippen LogP contribution < -0.4 is 10.4 Å². The van der Waals surface area contributed by atoms with Gasteiger partial charge in [0.2, 0.25) is 0 Å². The molecule has 0 atom stereocenters. The van der Waals surface area contributed by atoms with Crippen molar-refractivity contribution in [3.05, 3.63) is 73.1 Å². The molecular weight excluding hydrogens is 359 g/mol. The van der Waals surface area contributed by atoms with Gasteiger partial charge in [-0.25, -0.2) is 4.79 Å². The van der Waals surface area contributed by atoms with Gasteiger partial charge >= 0.3 is 5.63 Å². The van der Waals surface area contributed by atoms with Crippen LogP contribution >= 0.6 is 23.2 Å². The number of hydrogen-bond acceptors (Lipinski definition) is 3. The second-order valence-corrected chi connectivity index (χ2v) is 7.20. The number of hydrogen-bond donors (Lipinski definition) is 0. The number of aryl methyl sites for hydroxylation is 2. The molecule has 0 fully saturated rings. The molecule has 0 radical (unpaired) electrons. The lowest BCUT2D eigenvalue weighted by Crippen LogP contribution is -2.08. The van der Waals surface area contributed by atoms with Gasteiger partial charge in [-0.15, -0.1) is 0 Å². The summed E-state index contributed by atoms with van der Waals surface area (Å²) in [5.41, 5.74) is 4.04. The van der Waals surface area contributed by atoms with Crippen molar-refractivity contribution in [1.82, 2.24) is 0 Å². The minimum absolute atomic E-state index is 0.225. The third kappa shape index (κ3) is 3.03. The van der Waals surface area contributed by atoms with E-state index in [0.717, 1.165) is 52.7 Å². The van der Waals surface area contributed by atoms with Crippen LogP contribution in [0, 0.1) is 6.92 Å². The molecule has 0 amide bonds. The minimum Gasteiger partial charge on any atom is -0.488 e. The van der Waals surface area contributed by atoms with Crippen LogP contribution in [0.2, 0.25) is 10.0 Å². The van der Waals surface area contributed by atoms with Gasteiger partial charge in [0.1, 0.15) is 17.9 Å². The molecule has 5 heteroatoms. The summed E-state index contributed by atoms with van der Waals surface area (Å²) in [7, 11) is 0. The molecule has 0 saturated carbocycles. The minimum atomic E-state index is -0.225. The molecule has 3 aromatic rings. The highest BCUT2D eigenvalue weighted by Gasteiger charge is 2.22. The van der Waals surface area contributed by atoms with E-state index >= 15 is 0 Å². The molecular formula is C20H16Cl2O3. The molecule has 0 N–H and O–H groups in total. The standard InChI is InChI=1S/C20H16Cl2O3/c1-11-7-17(24-10-12-5-6-13(21)9-16(12)22)19-14-3-2-4-15(14)20(23)25-18(19)8-11/h5-9H,2-4,10H2,1H3. The molecule has 1 aliphatic carbocycles. The van der Waals surface area contributed by atoms with E-state index in [0.29, 0.717) is 22.2 Å². The van der Waals surface area contributed by atoms with Crippen LogP contribution in [-0.2, 0) is 19.4 Å². The van der Waals surface area contributed by atoms with E-state index in [2.05, 4.69) is 0 Å². The van der Waals surface area contributed by atoms with Crippen molar-refractivity contribution < 1.29 is 9.15 Å². The van der Waals surface area contributed by atoms with Gasteiger partial charge in [0.25, 0.3) is 0 Å². The molecule has 1 aromatic heterocycles. The summed E-state index contributed by atoms with van der Waals surface area (Å²) in [6.45, 7) is 2.28. The predicted octanol–water partition coefficient (Wildman–Crippen LogP) is 5.48. The lowest BCUT2D eigenvalue weighted by molar-refractivity contribution is 0.309. The molecule has 0 aliphatic heterocycles. The van der Waals surface area contributed by atoms with Gasteiger partial charge in [-0.1, -0.05) is 29.3 Å². The summed E-state index contributed by atoms with van der Waals surface area (Å²) in [6, 6.07) is 9.21. The summed E-state index contributed by atoms with van der Waals surface area (Å²) in [5.74, 6) is 0.725. The van der Waals surface area contributed by atoms with Crippen molar-refractivity contribution in [1.29, 1.82) is 0 Å². The summed E-state index contributed by atoms with van der Waals surface area (Å²) >= 11 is 12.2. The number of halogens is 2. The van der Waals surface area contributed by atoms with Gasteiger partial charge in [0.05, 0.1) is 5.39 Å². The fourth-order valence-electron chi connectivity index (χ4n) is 3.41. The third-order valence-corrected chi connectivity index (χ3v) is 5.16. The topological polar surface area (TPSA) is 39.4 Å². The maximum absolute atomic E-state index is 12.2. The summed E-state index contributed by atoms with van der Waals surface area (Å²) in [6.07, 6.45) is 2.61. The van der Waals surface area contributed by atoms with Crippen molar-refractivity contribution in [3.8, 4) is 5.75 Å². The largest absolute Gasteiger partial charge is 0.488 e. The predicted molar refractivity (Wildman–Crippen MR) is 100 cm³/mol. The highest BCUT2D eigenvalue weighted by Crippen LogP contribution is 2.35. The highest BCUT2D eigenvalue weighted by atomic mass is 35.5. The number of fused-ring (bicyclic) bond motifs is 3. The van der Waals surface area contributed by atoms with E-state index in [1.165, 1.54) is 0 Å². The summed E-state index contributed by atoms with van der Waals surface area (Å²) in [5, 5.41) is 2.07. The number of rotatable bonds is 3. The van der Waals surface area contributed by atoms with Crippen LogP contribution in [0.3, 0.4) is 0 Å². The molecule has 25 heavy (non-hydrogen) atoms. The molecule has 0 saturated heterocycles. The Hall–Kier alpha value is -1.97. The first-order valence-electron chi connectivity index (χ1n) is 8.19. The van der Waals surface area contributed by atoms with Crippen LogP contribution in [0.4, 0.5) is 0 Å². The number of ether oxygens (including phenoxy) is 1. The smallest absolute Gasteiger partial charge is 0.339 e. The van der Waals surface area contributed by atoms with Crippen molar-refractivity contribution >= 4 is 34.2 Å². The van der Waals surface area contributed by atoms with E-state index in [9.17, 15) is 4.79 Å². The Bertz CT molecular complexity index is 1040. The van der Waals surface area contributed by atoms with Gasteiger partial charge in [0.15, 0.2) is 0 Å². The average Bonchev–Trinajstić information content (AvgIpc) is 3.03. The Balaban J connectivity index is 1.79. The zero-order valence-corrected chi connectivity index (χ0v) is 15.2. The lowest BCUT2D eigenvalue weighted by atomic mass is 10.0. The molecule has 3 nitrogen and oxygen atoms in total. The molecule has 2 aromatic carbocycles. The maximum Gasteiger partial charge on any atom is 0.339 e. The van der Waals surface area contributed by atoms with E-state index in [4.69, 9.17) is 32.4 Å². The first kappa shape index (κ1) is 16.5. The fraction of sp³-hybridized carbons (Fsp3) is 0.250. The molecule has 128 valence electrons. The third-order valence-electron chi connectivity index (χ3n) is 4.58. The lowest BCUT2D eigenvalue weighted by Gasteiger charge is -2.13. The van der Waals surface area contributed by atoms with Gasteiger partial charge in [-0.05, 0) is 61.6 Å². The summed E-state index contributed by atoms with van der Waals surface area (Å²) in [4.78, 5) is 12.2. The van der Waals surface area contributed by atoms with Gasteiger partial charge in [0, 0.05) is 21.2 Å². The fourth-order valence-corrected chi connectivity index (χ4v) is 3.88. The van der Waals surface area contributed by atoms with Crippen LogP contribution in [0.5, 0.6) is 5.75 Å². The molecule has 1 heterocycles. The summed E-state index contributed by atoms with van der Waals surface area (Å²) < 4.78 is 11.6. The monoisotopic (exact) mass is 374 g/mol. The van der Waals surface area contributed by atoms with Crippen LogP contribution in [0.15, 0.2) is 39.5 Å². The Kier molecular flexibility index (Phi) is 4.22. The van der Waals surface area contributed by atoms with Crippen molar-refractivity contribution in [3.63, 3.8) is 0 Å². The van der Waals surface area contributed by atoms with Gasteiger partial charge in [-0.3, -0.25) is 0 Å². The van der Waals surface area contributed by atoms with Crippen molar-refractivity contribution in [2.75, 3.05) is 0 Å². The van der Waals surface area contributed by atoms with Gasteiger partial charge < -0.3 is 9.15 Å². The molecule has 0 spiro atoms. The van der Waals surface area contributed by atoms with E-state index in [1.807, 2.05) is 25.1 Å². The Morgan fingerprint density at radius 1 is 1.12 bits per heavy atom. The Morgan fingerprint density at radius 2 is 1.92 bits per heavy atom.